The molecule has 0 radical (unpaired) electrons. The highest BCUT2D eigenvalue weighted by Gasteiger charge is 2.14. The summed E-state index contributed by atoms with van der Waals surface area (Å²) in [6.45, 7) is 0. The van der Waals surface area contributed by atoms with Crippen LogP contribution in [0.15, 0.2) is 84.9 Å². The van der Waals surface area contributed by atoms with Gasteiger partial charge in [-0.05, 0) is 32.3 Å². The highest BCUT2D eigenvalue weighted by atomic mass is 31.1. The van der Waals surface area contributed by atoms with E-state index in [1.807, 2.05) is 36.4 Å². The van der Waals surface area contributed by atoms with Gasteiger partial charge < -0.3 is 4.57 Å². The van der Waals surface area contributed by atoms with Crippen molar-refractivity contribution in [2.75, 3.05) is 0 Å². The minimum absolute atomic E-state index is 0.914. The molecule has 24 heavy (non-hydrogen) atoms. The molecular formula is C22H15OP. The molecule has 5 rings (SSSR count). The van der Waals surface area contributed by atoms with Crippen LogP contribution in [-0.2, 0) is 4.57 Å². The SMILES string of the molecule is O=[PH](c1ccccc1)c1ccc2ccc3cccc4ccc1c2c34. The molecule has 0 bridgehead atoms. The van der Waals surface area contributed by atoms with Crippen LogP contribution in [-0.4, -0.2) is 0 Å². The first-order valence-corrected chi connectivity index (χ1v) is 9.50. The molecule has 0 amide bonds. The number of hydrogen-bond donors (Lipinski definition) is 0. The van der Waals surface area contributed by atoms with E-state index in [-0.39, 0.29) is 0 Å². The second-order valence-corrected chi connectivity index (χ2v) is 7.94. The molecule has 0 fully saturated rings. The Morgan fingerprint density at radius 2 is 1.17 bits per heavy atom. The summed E-state index contributed by atoms with van der Waals surface area (Å²) >= 11 is 0. The minimum Gasteiger partial charge on any atom is -0.317 e. The lowest BCUT2D eigenvalue weighted by molar-refractivity contribution is 0.598. The van der Waals surface area contributed by atoms with Crippen molar-refractivity contribution in [1.29, 1.82) is 0 Å². The third-order valence-corrected chi connectivity index (χ3v) is 6.59. The fourth-order valence-corrected chi connectivity index (χ4v) is 5.17. The lowest BCUT2D eigenvalue weighted by atomic mass is 9.94. The van der Waals surface area contributed by atoms with Gasteiger partial charge in [0.25, 0.3) is 0 Å². The van der Waals surface area contributed by atoms with E-state index < -0.39 is 7.80 Å². The zero-order valence-electron chi connectivity index (χ0n) is 13.0. The van der Waals surface area contributed by atoms with Gasteiger partial charge in [0.05, 0.1) is 0 Å². The Morgan fingerprint density at radius 3 is 1.92 bits per heavy atom. The fraction of sp³-hybridized carbons (Fsp3) is 0. The lowest BCUT2D eigenvalue weighted by Gasteiger charge is -2.14. The second kappa shape index (κ2) is 5.19. The Morgan fingerprint density at radius 1 is 0.542 bits per heavy atom. The van der Waals surface area contributed by atoms with E-state index in [0.29, 0.717) is 0 Å². The van der Waals surface area contributed by atoms with E-state index >= 15 is 0 Å². The van der Waals surface area contributed by atoms with Gasteiger partial charge in [-0.25, -0.2) is 0 Å². The number of benzene rings is 5. The normalized spacial score (nSPS) is 13.0. The Bertz CT molecular complexity index is 1190. The predicted molar refractivity (Wildman–Crippen MR) is 105 cm³/mol. The molecule has 0 saturated heterocycles. The Balaban J connectivity index is 1.89. The Kier molecular flexibility index (Phi) is 2.98. The van der Waals surface area contributed by atoms with Crippen molar-refractivity contribution in [3.8, 4) is 0 Å². The molecule has 0 spiro atoms. The zero-order chi connectivity index (χ0) is 16.1. The summed E-state index contributed by atoms with van der Waals surface area (Å²) < 4.78 is 13.2. The molecule has 5 aromatic rings. The molecule has 0 aliphatic rings. The highest BCUT2D eigenvalue weighted by Crippen LogP contribution is 2.36. The van der Waals surface area contributed by atoms with Crippen molar-refractivity contribution < 1.29 is 4.57 Å². The van der Waals surface area contributed by atoms with Crippen molar-refractivity contribution in [2.24, 2.45) is 0 Å². The maximum absolute atomic E-state index is 13.2. The van der Waals surface area contributed by atoms with Crippen LogP contribution in [0.2, 0.25) is 0 Å². The molecule has 1 nitrogen and oxygen atoms in total. The number of hydrogen-bond acceptors (Lipinski definition) is 1. The first-order valence-electron chi connectivity index (χ1n) is 8.09. The Hall–Kier alpha value is -2.63. The molecule has 0 aromatic heterocycles. The van der Waals surface area contributed by atoms with Gasteiger partial charge in [-0.3, -0.25) is 0 Å². The smallest absolute Gasteiger partial charge is 0.132 e. The molecular weight excluding hydrogens is 311 g/mol. The van der Waals surface area contributed by atoms with Gasteiger partial charge in [-0.2, -0.15) is 0 Å². The van der Waals surface area contributed by atoms with Crippen LogP contribution in [0.1, 0.15) is 0 Å². The predicted octanol–water partition coefficient (Wildman–Crippen LogP) is 5.09. The summed E-state index contributed by atoms with van der Waals surface area (Å²) in [6, 6.07) is 28.9. The zero-order valence-corrected chi connectivity index (χ0v) is 14.0. The topological polar surface area (TPSA) is 17.1 Å². The van der Waals surface area contributed by atoms with Gasteiger partial charge in [-0.1, -0.05) is 84.9 Å². The lowest BCUT2D eigenvalue weighted by Crippen LogP contribution is -2.07. The average Bonchev–Trinajstić information content (AvgIpc) is 2.66. The molecule has 1 atom stereocenters. The maximum atomic E-state index is 13.2. The quantitative estimate of drug-likeness (QED) is 0.326. The standard InChI is InChI=1S/C22H15OP/c23-24(18-7-2-1-3-8-18)20-14-12-17-10-9-15-5-4-6-16-11-13-19(20)22(17)21(15)16/h1-14,24H. The summed E-state index contributed by atoms with van der Waals surface area (Å²) in [5, 5.41) is 9.18. The summed E-state index contributed by atoms with van der Waals surface area (Å²) in [5.74, 6) is 0. The third-order valence-electron chi connectivity index (χ3n) is 4.81. The molecule has 2 heteroatoms. The van der Waals surface area contributed by atoms with Gasteiger partial charge >= 0.3 is 0 Å². The van der Waals surface area contributed by atoms with Gasteiger partial charge in [0.2, 0.25) is 0 Å². The van der Waals surface area contributed by atoms with E-state index in [1.54, 1.807) is 0 Å². The summed E-state index contributed by atoms with van der Waals surface area (Å²) in [5.41, 5.74) is 0. The summed E-state index contributed by atoms with van der Waals surface area (Å²) in [7, 11) is -2.02. The van der Waals surface area contributed by atoms with Crippen molar-refractivity contribution >= 4 is 50.7 Å². The first kappa shape index (κ1) is 13.8. The van der Waals surface area contributed by atoms with Crippen LogP contribution >= 0.6 is 7.80 Å². The van der Waals surface area contributed by atoms with Crippen molar-refractivity contribution in [3.05, 3.63) is 84.9 Å². The molecule has 5 aromatic carbocycles. The van der Waals surface area contributed by atoms with Gasteiger partial charge in [0.1, 0.15) is 7.80 Å². The van der Waals surface area contributed by atoms with Crippen molar-refractivity contribution in [2.45, 2.75) is 0 Å². The van der Waals surface area contributed by atoms with Gasteiger partial charge in [-0.15, -0.1) is 0 Å². The van der Waals surface area contributed by atoms with E-state index in [2.05, 4.69) is 48.5 Å². The monoisotopic (exact) mass is 326 g/mol. The average molecular weight is 326 g/mol. The van der Waals surface area contributed by atoms with Crippen LogP contribution in [0.5, 0.6) is 0 Å². The van der Waals surface area contributed by atoms with Crippen molar-refractivity contribution in [3.63, 3.8) is 0 Å². The highest BCUT2D eigenvalue weighted by molar-refractivity contribution is 7.62. The molecule has 1 unspecified atom stereocenters. The minimum atomic E-state index is -2.02. The van der Waals surface area contributed by atoms with Crippen LogP contribution in [0.25, 0.3) is 32.3 Å². The van der Waals surface area contributed by atoms with Gasteiger partial charge in [0.15, 0.2) is 0 Å². The molecule has 0 N–H and O–H groups in total. The van der Waals surface area contributed by atoms with Crippen molar-refractivity contribution in [1.82, 2.24) is 0 Å². The summed E-state index contributed by atoms with van der Waals surface area (Å²) in [4.78, 5) is 0. The molecule has 0 heterocycles. The van der Waals surface area contributed by atoms with E-state index in [9.17, 15) is 4.57 Å². The molecule has 0 aliphatic carbocycles. The second-order valence-electron chi connectivity index (χ2n) is 6.16. The van der Waals surface area contributed by atoms with E-state index in [1.165, 1.54) is 26.9 Å². The van der Waals surface area contributed by atoms with Crippen LogP contribution in [0.3, 0.4) is 0 Å². The summed E-state index contributed by atoms with van der Waals surface area (Å²) in [6.07, 6.45) is 0. The largest absolute Gasteiger partial charge is 0.317 e. The Labute approximate surface area is 140 Å². The third kappa shape index (κ3) is 1.92. The maximum Gasteiger partial charge on any atom is 0.132 e. The molecule has 0 saturated carbocycles. The van der Waals surface area contributed by atoms with Crippen LogP contribution < -0.4 is 10.6 Å². The van der Waals surface area contributed by atoms with E-state index in [4.69, 9.17) is 0 Å². The molecule has 114 valence electrons. The van der Waals surface area contributed by atoms with Crippen LogP contribution in [0.4, 0.5) is 0 Å². The molecule has 0 aliphatic heterocycles. The van der Waals surface area contributed by atoms with Crippen LogP contribution in [0, 0.1) is 0 Å². The first-order chi connectivity index (χ1) is 11.8. The van der Waals surface area contributed by atoms with Gasteiger partial charge in [0, 0.05) is 10.6 Å². The van der Waals surface area contributed by atoms with E-state index in [0.717, 1.165) is 16.0 Å². The fourth-order valence-electron chi connectivity index (χ4n) is 3.68. The number of rotatable bonds is 2.